The molecule has 0 spiro atoms. The van der Waals surface area contributed by atoms with Gasteiger partial charge in [-0.05, 0) is 18.8 Å². The van der Waals surface area contributed by atoms with Crippen molar-refractivity contribution in [3.63, 3.8) is 0 Å². The van der Waals surface area contributed by atoms with Crippen LogP contribution in [0.15, 0.2) is 5.38 Å². The summed E-state index contributed by atoms with van der Waals surface area (Å²) in [6.45, 7) is 5.59. The first-order chi connectivity index (χ1) is 8.61. The van der Waals surface area contributed by atoms with Crippen LogP contribution in [0.2, 0.25) is 0 Å². The van der Waals surface area contributed by atoms with Gasteiger partial charge < -0.3 is 9.64 Å². The number of hydrogen-bond donors (Lipinski definition) is 0. The summed E-state index contributed by atoms with van der Waals surface area (Å²) < 4.78 is 4.66. The van der Waals surface area contributed by atoms with E-state index in [0.29, 0.717) is 12.0 Å². The highest BCUT2D eigenvalue weighted by atomic mass is 32.1. The second kappa shape index (κ2) is 5.69. The number of aromatic nitrogens is 1. The zero-order valence-corrected chi connectivity index (χ0v) is 12.0. The van der Waals surface area contributed by atoms with E-state index in [0.717, 1.165) is 17.4 Å². The molecule has 1 aliphatic heterocycles. The molecule has 0 aromatic carbocycles. The third kappa shape index (κ3) is 2.83. The van der Waals surface area contributed by atoms with Crippen LogP contribution in [0, 0.1) is 5.92 Å². The highest BCUT2D eigenvalue weighted by Gasteiger charge is 2.29. The zero-order valence-electron chi connectivity index (χ0n) is 11.2. The normalized spacial score (nSPS) is 19.6. The molecule has 1 fully saturated rings. The fourth-order valence-corrected chi connectivity index (χ4v) is 3.36. The number of esters is 1. The van der Waals surface area contributed by atoms with Gasteiger partial charge in [0.15, 0.2) is 5.13 Å². The van der Waals surface area contributed by atoms with Crippen molar-refractivity contribution in [2.24, 2.45) is 5.92 Å². The molecule has 0 amide bonds. The molecule has 1 aromatic rings. The van der Waals surface area contributed by atoms with Gasteiger partial charge in [0, 0.05) is 18.0 Å². The van der Waals surface area contributed by atoms with Crippen molar-refractivity contribution in [1.29, 1.82) is 0 Å². The summed E-state index contributed by atoms with van der Waals surface area (Å²) >= 11 is 1.63. The Morgan fingerprint density at radius 3 is 3.11 bits per heavy atom. The molecule has 0 radical (unpaired) electrons. The van der Waals surface area contributed by atoms with E-state index in [1.54, 1.807) is 11.3 Å². The Hall–Kier alpha value is -1.10. The molecule has 0 aliphatic carbocycles. The fourth-order valence-electron chi connectivity index (χ4n) is 2.45. The molecule has 1 saturated heterocycles. The molecule has 18 heavy (non-hydrogen) atoms. The number of methoxy groups -OCH3 is 1. The lowest BCUT2D eigenvalue weighted by atomic mass is 10.0. The lowest BCUT2D eigenvalue weighted by Crippen LogP contribution is -2.33. The third-order valence-electron chi connectivity index (χ3n) is 3.41. The summed E-state index contributed by atoms with van der Waals surface area (Å²) in [5, 5.41) is 3.01. The first kappa shape index (κ1) is 13.3. The molecule has 4 nitrogen and oxygen atoms in total. The number of nitrogens with zero attached hydrogens (tertiary/aromatic N) is 2. The van der Waals surface area contributed by atoms with Crippen molar-refractivity contribution in [2.45, 2.75) is 39.2 Å². The standard InChI is InChI=1S/C13H20N2O2S/c1-9(2)11-5-4-6-15(11)13-14-10(8-18-13)7-12(16)17-3/h8-9,11H,4-7H2,1-3H3. The Balaban J connectivity index is 2.07. The first-order valence-electron chi connectivity index (χ1n) is 6.39. The second-order valence-corrected chi connectivity index (χ2v) is 5.86. The third-order valence-corrected chi connectivity index (χ3v) is 4.33. The maximum Gasteiger partial charge on any atom is 0.311 e. The van der Waals surface area contributed by atoms with Crippen LogP contribution in [0.5, 0.6) is 0 Å². The Labute approximate surface area is 112 Å². The smallest absolute Gasteiger partial charge is 0.311 e. The molecular formula is C13H20N2O2S. The predicted octanol–water partition coefficient (Wildman–Crippen LogP) is 2.48. The number of carbonyl (C=O) groups is 1. The molecular weight excluding hydrogens is 248 g/mol. The fraction of sp³-hybridized carbons (Fsp3) is 0.692. The van der Waals surface area contributed by atoms with Crippen LogP contribution in [0.3, 0.4) is 0 Å². The van der Waals surface area contributed by atoms with E-state index in [4.69, 9.17) is 0 Å². The lowest BCUT2D eigenvalue weighted by molar-refractivity contribution is -0.139. The van der Waals surface area contributed by atoms with Gasteiger partial charge in [0.1, 0.15) is 0 Å². The van der Waals surface area contributed by atoms with E-state index < -0.39 is 0 Å². The minimum Gasteiger partial charge on any atom is -0.469 e. The van der Waals surface area contributed by atoms with Gasteiger partial charge in [0.25, 0.3) is 0 Å². The number of carbonyl (C=O) groups excluding carboxylic acids is 1. The van der Waals surface area contributed by atoms with Gasteiger partial charge in [-0.1, -0.05) is 13.8 Å². The quantitative estimate of drug-likeness (QED) is 0.787. The van der Waals surface area contributed by atoms with Gasteiger partial charge in [0.2, 0.25) is 0 Å². The highest BCUT2D eigenvalue weighted by molar-refractivity contribution is 7.13. The molecule has 1 aromatic heterocycles. The van der Waals surface area contributed by atoms with Crippen molar-refractivity contribution in [2.75, 3.05) is 18.6 Å². The van der Waals surface area contributed by atoms with Crippen molar-refractivity contribution < 1.29 is 9.53 Å². The summed E-state index contributed by atoms with van der Waals surface area (Å²) in [5.41, 5.74) is 0.816. The molecule has 2 heterocycles. The second-order valence-electron chi connectivity index (χ2n) is 5.02. The van der Waals surface area contributed by atoms with E-state index in [-0.39, 0.29) is 12.4 Å². The van der Waals surface area contributed by atoms with Gasteiger partial charge in [-0.3, -0.25) is 4.79 Å². The number of rotatable bonds is 4. The molecule has 0 bridgehead atoms. The number of anilines is 1. The lowest BCUT2D eigenvalue weighted by Gasteiger charge is -2.27. The highest BCUT2D eigenvalue weighted by Crippen LogP contribution is 2.31. The van der Waals surface area contributed by atoms with Crippen LogP contribution in [0.4, 0.5) is 5.13 Å². The molecule has 1 unspecified atom stereocenters. The van der Waals surface area contributed by atoms with Crippen LogP contribution in [-0.2, 0) is 16.0 Å². The van der Waals surface area contributed by atoms with E-state index in [1.165, 1.54) is 20.0 Å². The molecule has 0 saturated carbocycles. The summed E-state index contributed by atoms with van der Waals surface area (Å²) in [7, 11) is 1.41. The average Bonchev–Trinajstić information content (AvgIpc) is 2.95. The maximum absolute atomic E-state index is 11.2. The van der Waals surface area contributed by atoms with Gasteiger partial charge in [-0.15, -0.1) is 11.3 Å². The van der Waals surface area contributed by atoms with Crippen LogP contribution < -0.4 is 4.90 Å². The van der Waals surface area contributed by atoms with Gasteiger partial charge in [0.05, 0.1) is 19.2 Å². The minimum atomic E-state index is -0.228. The molecule has 5 heteroatoms. The Morgan fingerprint density at radius 1 is 1.67 bits per heavy atom. The maximum atomic E-state index is 11.2. The van der Waals surface area contributed by atoms with Crippen molar-refractivity contribution in [3.8, 4) is 0 Å². The van der Waals surface area contributed by atoms with Crippen molar-refractivity contribution in [1.82, 2.24) is 4.98 Å². The first-order valence-corrected chi connectivity index (χ1v) is 7.27. The predicted molar refractivity (Wildman–Crippen MR) is 73.0 cm³/mol. The number of ether oxygens (including phenoxy) is 1. The van der Waals surface area contributed by atoms with Crippen LogP contribution in [0.1, 0.15) is 32.4 Å². The summed E-state index contributed by atoms with van der Waals surface area (Å²) in [6, 6.07) is 0.585. The van der Waals surface area contributed by atoms with Crippen LogP contribution in [-0.4, -0.2) is 30.6 Å². The Bertz CT molecular complexity index is 417. The number of thiazole rings is 1. The van der Waals surface area contributed by atoms with Gasteiger partial charge in [-0.2, -0.15) is 0 Å². The van der Waals surface area contributed by atoms with E-state index in [2.05, 4.69) is 28.5 Å². The number of hydrogen-bond acceptors (Lipinski definition) is 5. The van der Waals surface area contributed by atoms with E-state index in [9.17, 15) is 4.79 Å². The van der Waals surface area contributed by atoms with Crippen LogP contribution >= 0.6 is 11.3 Å². The summed E-state index contributed by atoms with van der Waals surface area (Å²) in [4.78, 5) is 18.2. The van der Waals surface area contributed by atoms with E-state index >= 15 is 0 Å². The van der Waals surface area contributed by atoms with E-state index in [1.807, 2.05) is 5.38 Å². The SMILES string of the molecule is COC(=O)Cc1csc(N2CCCC2C(C)C)n1. The summed E-state index contributed by atoms with van der Waals surface area (Å²) in [5.74, 6) is 0.411. The molecule has 1 aliphatic rings. The minimum absolute atomic E-state index is 0.228. The topological polar surface area (TPSA) is 42.4 Å². The van der Waals surface area contributed by atoms with Crippen molar-refractivity contribution in [3.05, 3.63) is 11.1 Å². The average molecular weight is 268 g/mol. The van der Waals surface area contributed by atoms with Crippen molar-refractivity contribution >= 4 is 22.4 Å². The Kier molecular flexibility index (Phi) is 4.22. The Morgan fingerprint density at radius 2 is 2.44 bits per heavy atom. The summed E-state index contributed by atoms with van der Waals surface area (Å²) in [6.07, 6.45) is 2.74. The largest absolute Gasteiger partial charge is 0.469 e. The zero-order chi connectivity index (χ0) is 13.1. The molecule has 2 rings (SSSR count). The van der Waals surface area contributed by atoms with Crippen LogP contribution in [0.25, 0.3) is 0 Å². The molecule has 100 valence electrons. The molecule has 0 N–H and O–H groups in total. The van der Waals surface area contributed by atoms with Gasteiger partial charge in [-0.25, -0.2) is 4.98 Å². The van der Waals surface area contributed by atoms with Gasteiger partial charge >= 0.3 is 5.97 Å². The molecule has 1 atom stereocenters. The monoisotopic (exact) mass is 268 g/mol.